The molecule has 0 aromatic heterocycles. The molecule has 1 rings (SSSR count). The molecule has 88 valence electrons. The Balaban J connectivity index is 3.19. The molecular weight excluding hydrogens is 218 g/mol. The van der Waals surface area contributed by atoms with E-state index in [0.717, 1.165) is 5.56 Å². The van der Waals surface area contributed by atoms with Crippen LogP contribution < -0.4 is 0 Å². The second kappa shape index (κ2) is 5.26. The van der Waals surface area contributed by atoms with Crippen molar-refractivity contribution in [2.45, 2.75) is 20.8 Å². The lowest BCUT2D eigenvalue weighted by molar-refractivity contribution is -0.137. The minimum Gasteiger partial charge on any atom is -0.460 e. The van der Waals surface area contributed by atoms with Crippen LogP contribution in [0.15, 0.2) is 12.1 Å². The van der Waals surface area contributed by atoms with E-state index in [9.17, 15) is 9.59 Å². The second-order valence-electron chi connectivity index (χ2n) is 3.64. The summed E-state index contributed by atoms with van der Waals surface area (Å²) in [5.41, 5.74) is 2.07. The van der Waals surface area contributed by atoms with Crippen LogP contribution in [0.4, 0.5) is 0 Å². The number of esters is 1. The molecule has 0 atom stereocenters. The van der Waals surface area contributed by atoms with Crippen LogP contribution in [0.25, 0.3) is 0 Å². The van der Waals surface area contributed by atoms with Crippen molar-refractivity contribution in [2.24, 2.45) is 0 Å². The molecule has 0 saturated carbocycles. The van der Waals surface area contributed by atoms with Crippen LogP contribution in [0.2, 0.25) is 0 Å². The van der Waals surface area contributed by atoms with Gasteiger partial charge in [-0.1, -0.05) is 6.07 Å². The summed E-state index contributed by atoms with van der Waals surface area (Å²) in [5, 5.41) is 8.88. The van der Waals surface area contributed by atoms with Gasteiger partial charge in [0.25, 0.3) is 5.78 Å². The summed E-state index contributed by atoms with van der Waals surface area (Å²) in [5.74, 6) is -1.59. The minimum atomic E-state index is -0.886. The number of carbonyl (C=O) groups excluding carboxylic acids is 2. The van der Waals surface area contributed by atoms with Crippen LogP contribution in [-0.2, 0) is 9.53 Å². The fourth-order valence-electron chi connectivity index (χ4n) is 1.52. The zero-order chi connectivity index (χ0) is 13.0. The lowest BCUT2D eigenvalue weighted by Crippen LogP contribution is -2.18. The number of Topliss-reactive ketones (excluding diaryl/α,β-unsaturated/α-hetero) is 1. The highest BCUT2D eigenvalue weighted by Crippen LogP contribution is 2.16. The van der Waals surface area contributed by atoms with Crippen molar-refractivity contribution in [3.63, 3.8) is 0 Å². The van der Waals surface area contributed by atoms with E-state index in [1.54, 1.807) is 26.8 Å². The zero-order valence-corrected chi connectivity index (χ0v) is 10.0. The molecule has 0 spiro atoms. The first kappa shape index (κ1) is 12.9. The van der Waals surface area contributed by atoms with Gasteiger partial charge >= 0.3 is 5.97 Å². The van der Waals surface area contributed by atoms with Gasteiger partial charge < -0.3 is 4.74 Å². The highest BCUT2D eigenvalue weighted by Gasteiger charge is 2.20. The summed E-state index contributed by atoms with van der Waals surface area (Å²) in [6.45, 7) is 5.29. The Bertz CT molecular complexity index is 512. The van der Waals surface area contributed by atoms with Gasteiger partial charge in [-0.3, -0.25) is 4.79 Å². The van der Waals surface area contributed by atoms with E-state index in [2.05, 4.69) is 4.74 Å². The Kier molecular flexibility index (Phi) is 4.00. The lowest BCUT2D eigenvalue weighted by atomic mass is 9.98. The molecule has 0 unspecified atom stereocenters. The SMILES string of the molecule is CCOC(=O)C(=O)c1cc(C#N)c(C)cc1C. The molecule has 0 N–H and O–H groups in total. The van der Waals surface area contributed by atoms with Crippen LogP contribution in [0, 0.1) is 25.2 Å². The maximum absolute atomic E-state index is 11.8. The lowest BCUT2D eigenvalue weighted by Gasteiger charge is -2.07. The largest absolute Gasteiger partial charge is 0.460 e. The number of rotatable bonds is 3. The molecular formula is C13H13NO3. The molecule has 0 bridgehead atoms. The number of ether oxygens (including phenoxy) is 1. The molecule has 0 fully saturated rings. The molecule has 0 aliphatic rings. The molecule has 0 aliphatic heterocycles. The Morgan fingerprint density at radius 3 is 2.47 bits per heavy atom. The van der Waals surface area contributed by atoms with Crippen molar-refractivity contribution in [3.05, 3.63) is 34.4 Å². The Morgan fingerprint density at radius 2 is 1.94 bits per heavy atom. The van der Waals surface area contributed by atoms with Gasteiger partial charge in [0.1, 0.15) is 0 Å². The van der Waals surface area contributed by atoms with Crippen molar-refractivity contribution < 1.29 is 14.3 Å². The standard InChI is InChI=1S/C13H13NO3/c1-4-17-13(16)12(15)11-6-10(7-14)8(2)5-9(11)3/h5-6H,4H2,1-3H3. The van der Waals surface area contributed by atoms with Crippen molar-refractivity contribution in [1.82, 2.24) is 0 Å². The van der Waals surface area contributed by atoms with Crippen molar-refractivity contribution in [1.29, 1.82) is 5.26 Å². The molecule has 0 aliphatic carbocycles. The van der Waals surface area contributed by atoms with Gasteiger partial charge in [0.15, 0.2) is 0 Å². The number of nitriles is 1. The van der Waals surface area contributed by atoms with Gasteiger partial charge in [-0.25, -0.2) is 4.79 Å². The normalized spacial score (nSPS) is 9.53. The van der Waals surface area contributed by atoms with Gasteiger partial charge in [-0.05, 0) is 38.0 Å². The van der Waals surface area contributed by atoms with E-state index >= 15 is 0 Å². The number of hydrogen-bond donors (Lipinski definition) is 0. The van der Waals surface area contributed by atoms with E-state index in [4.69, 9.17) is 5.26 Å². The third kappa shape index (κ3) is 2.70. The Morgan fingerprint density at radius 1 is 1.29 bits per heavy atom. The Hall–Kier alpha value is -2.15. The maximum Gasteiger partial charge on any atom is 0.379 e. The van der Waals surface area contributed by atoms with Gasteiger partial charge in [-0.2, -0.15) is 5.26 Å². The van der Waals surface area contributed by atoms with E-state index in [1.165, 1.54) is 6.07 Å². The number of carbonyl (C=O) groups is 2. The summed E-state index contributed by atoms with van der Waals surface area (Å²) >= 11 is 0. The number of hydrogen-bond acceptors (Lipinski definition) is 4. The van der Waals surface area contributed by atoms with E-state index in [1.807, 2.05) is 6.07 Å². The highest BCUT2D eigenvalue weighted by molar-refractivity contribution is 6.41. The first-order valence-electron chi connectivity index (χ1n) is 5.24. The average molecular weight is 231 g/mol. The summed E-state index contributed by atoms with van der Waals surface area (Å²) in [6.07, 6.45) is 0. The summed E-state index contributed by atoms with van der Waals surface area (Å²) < 4.78 is 4.65. The van der Waals surface area contributed by atoms with Gasteiger partial charge in [0.2, 0.25) is 0 Å². The van der Waals surface area contributed by atoms with Crippen LogP contribution in [0.5, 0.6) is 0 Å². The number of ketones is 1. The van der Waals surface area contributed by atoms with Crippen LogP contribution in [-0.4, -0.2) is 18.4 Å². The minimum absolute atomic E-state index is 0.153. The van der Waals surface area contributed by atoms with Crippen molar-refractivity contribution in [3.8, 4) is 6.07 Å². The van der Waals surface area contributed by atoms with Gasteiger partial charge in [0.05, 0.1) is 18.2 Å². The first-order chi connectivity index (χ1) is 8.01. The monoisotopic (exact) mass is 231 g/mol. The summed E-state index contributed by atoms with van der Waals surface area (Å²) in [6, 6.07) is 5.13. The van der Waals surface area contributed by atoms with E-state index in [-0.39, 0.29) is 12.2 Å². The van der Waals surface area contributed by atoms with Gasteiger partial charge in [0, 0.05) is 5.56 Å². The average Bonchev–Trinajstić information content (AvgIpc) is 2.29. The summed E-state index contributed by atoms with van der Waals surface area (Å²) in [7, 11) is 0. The van der Waals surface area contributed by atoms with Crippen molar-refractivity contribution >= 4 is 11.8 Å². The van der Waals surface area contributed by atoms with E-state index in [0.29, 0.717) is 11.1 Å². The molecule has 4 nitrogen and oxygen atoms in total. The fraction of sp³-hybridized carbons (Fsp3) is 0.308. The predicted octanol–water partition coefficient (Wildman–Crippen LogP) is 1.92. The number of nitrogens with zero attached hydrogens (tertiary/aromatic N) is 1. The number of aryl methyl sites for hydroxylation is 2. The molecule has 0 heterocycles. The highest BCUT2D eigenvalue weighted by atomic mass is 16.5. The molecule has 17 heavy (non-hydrogen) atoms. The molecule has 0 amide bonds. The molecule has 1 aromatic rings. The van der Waals surface area contributed by atoms with Gasteiger partial charge in [-0.15, -0.1) is 0 Å². The number of benzene rings is 1. The maximum atomic E-state index is 11.8. The Labute approximate surface area is 99.8 Å². The molecule has 0 saturated heterocycles. The third-order valence-corrected chi connectivity index (χ3v) is 2.40. The molecule has 0 radical (unpaired) electrons. The van der Waals surface area contributed by atoms with Crippen LogP contribution in [0.1, 0.15) is 34.0 Å². The second-order valence-corrected chi connectivity index (χ2v) is 3.64. The van der Waals surface area contributed by atoms with Crippen LogP contribution >= 0.6 is 0 Å². The van der Waals surface area contributed by atoms with Crippen molar-refractivity contribution in [2.75, 3.05) is 6.61 Å². The predicted molar refractivity (Wildman–Crippen MR) is 61.6 cm³/mol. The quantitative estimate of drug-likeness (QED) is 0.453. The first-order valence-corrected chi connectivity index (χ1v) is 5.24. The topological polar surface area (TPSA) is 67.2 Å². The zero-order valence-electron chi connectivity index (χ0n) is 10.0. The molecule has 4 heteroatoms. The van der Waals surface area contributed by atoms with E-state index < -0.39 is 11.8 Å². The smallest absolute Gasteiger partial charge is 0.379 e. The fourth-order valence-corrected chi connectivity index (χ4v) is 1.52. The van der Waals surface area contributed by atoms with Crippen LogP contribution in [0.3, 0.4) is 0 Å². The third-order valence-electron chi connectivity index (χ3n) is 2.40. The summed E-state index contributed by atoms with van der Waals surface area (Å²) in [4.78, 5) is 23.1. The molecule has 1 aromatic carbocycles.